The van der Waals surface area contributed by atoms with Crippen LogP contribution in [0.1, 0.15) is 31.5 Å². The molecule has 1 heterocycles. The maximum absolute atomic E-state index is 11.3. The number of hydrogen-bond donors (Lipinski definition) is 2. The number of alkyl carbamates (subject to hydrolysis) is 1. The largest absolute Gasteiger partial charge is 0.444 e. The van der Waals surface area contributed by atoms with Crippen LogP contribution in [0.2, 0.25) is 0 Å². The van der Waals surface area contributed by atoms with Crippen molar-refractivity contribution in [1.82, 2.24) is 15.6 Å². The van der Waals surface area contributed by atoms with Gasteiger partial charge in [-0.25, -0.2) is 9.78 Å². The smallest absolute Gasteiger partial charge is 0.407 e. The Balaban J connectivity index is 2.06. The minimum absolute atomic E-state index is 0.395. The Morgan fingerprint density at radius 3 is 2.70 bits per heavy atom. The highest BCUT2D eigenvalue weighted by Crippen LogP contribution is 2.07. The van der Waals surface area contributed by atoms with Crippen LogP contribution in [0.25, 0.3) is 0 Å². The first-order valence-corrected chi connectivity index (χ1v) is 7.48. The molecule has 0 radical (unpaired) electrons. The summed E-state index contributed by atoms with van der Waals surface area (Å²) in [4.78, 5) is 15.7. The number of carbonyl (C=O) groups is 1. The summed E-state index contributed by atoms with van der Waals surface area (Å²) in [5.74, 6) is 0. The van der Waals surface area contributed by atoms with Gasteiger partial charge in [0.05, 0.1) is 0 Å². The molecule has 6 heteroatoms. The first-order chi connectivity index (χ1) is 9.37. The third-order valence-electron chi connectivity index (χ3n) is 2.13. The second kappa shape index (κ2) is 8.01. The number of aryl methyl sites for hydroxylation is 1. The van der Waals surface area contributed by atoms with Gasteiger partial charge < -0.3 is 15.4 Å². The average Bonchev–Trinajstić information content (AvgIpc) is 2.71. The van der Waals surface area contributed by atoms with Crippen molar-refractivity contribution >= 4 is 17.4 Å². The molecule has 0 aromatic carbocycles. The van der Waals surface area contributed by atoms with E-state index in [1.54, 1.807) is 11.3 Å². The molecule has 0 aliphatic heterocycles. The highest BCUT2D eigenvalue weighted by Gasteiger charge is 2.14. The maximum Gasteiger partial charge on any atom is 0.407 e. The van der Waals surface area contributed by atoms with Gasteiger partial charge in [-0.1, -0.05) is 12.2 Å². The summed E-state index contributed by atoms with van der Waals surface area (Å²) in [6.45, 7) is 9.48. The van der Waals surface area contributed by atoms with Gasteiger partial charge in [0.1, 0.15) is 10.6 Å². The van der Waals surface area contributed by atoms with E-state index >= 15 is 0 Å². The Labute approximate surface area is 124 Å². The van der Waals surface area contributed by atoms with Crippen LogP contribution < -0.4 is 10.6 Å². The lowest BCUT2D eigenvalue weighted by Crippen LogP contribution is -2.32. The lowest BCUT2D eigenvalue weighted by atomic mass is 10.2. The van der Waals surface area contributed by atoms with Crippen molar-refractivity contribution in [2.75, 3.05) is 13.1 Å². The van der Waals surface area contributed by atoms with Crippen molar-refractivity contribution in [1.29, 1.82) is 0 Å². The van der Waals surface area contributed by atoms with Gasteiger partial charge in [0.15, 0.2) is 0 Å². The molecule has 0 aliphatic carbocycles. The summed E-state index contributed by atoms with van der Waals surface area (Å²) < 4.78 is 5.12. The highest BCUT2D eigenvalue weighted by atomic mass is 32.1. The lowest BCUT2D eigenvalue weighted by molar-refractivity contribution is 0.0534. The van der Waals surface area contributed by atoms with Gasteiger partial charge in [0.25, 0.3) is 0 Å². The third-order valence-corrected chi connectivity index (χ3v) is 3.10. The molecule has 5 nitrogen and oxygen atoms in total. The Morgan fingerprint density at radius 2 is 2.10 bits per heavy atom. The van der Waals surface area contributed by atoms with Crippen LogP contribution in [0, 0.1) is 6.92 Å². The molecule has 20 heavy (non-hydrogen) atoms. The fraction of sp³-hybridized carbons (Fsp3) is 0.571. The Morgan fingerprint density at radius 1 is 1.40 bits per heavy atom. The normalized spacial score (nSPS) is 11.8. The van der Waals surface area contributed by atoms with Crippen molar-refractivity contribution < 1.29 is 9.53 Å². The van der Waals surface area contributed by atoms with E-state index in [0.29, 0.717) is 6.54 Å². The van der Waals surface area contributed by atoms with Crippen molar-refractivity contribution in [3.63, 3.8) is 0 Å². The molecule has 1 aromatic heterocycles. The molecule has 112 valence electrons. The molecular weight excluding hydrogens is 274 g/mol. The molecule has 0 fully saturated rings. The van der Waals surface area contributed by atoms with E-state index in [4.69, 9.17) is 4.74 Å². The Hall–Kier alpha value is -1.40. The fourth-order valence-corrected chi connectivity index (χ4v) is 2.11. The fourth-order valence-electron chi connectivity index (χ4n) is 1.37. The number of aromatic nitrogens is 1. The Kier molecular flexibility index (Phi) is 6.67. The molecule has 0 atom stereocenters. The monoisotopic (exact) mass is 297 g/mol. The molecule has 0 aliphatic rings. The zero-order valence-corrected chi connectivity index (χ0v) is 13.3. The molecular formula is C14H23N3O2S. The Bertz CT molecular complexity index is 450. The van der Waals surface area contributed by atoms with E-state index in [2.05, 4.69) is 15.6 Å². The number of thiazole rings is 1. The van der Waals surface area contributed by atoms with Crippen LogP contribution >= 0.6 is 11.3 Å². The second-order valence-corrected chi connectivity index (χ2v) is 6.31. The van der Waals surface area contributed by atoms with E-state index in [1.807, 2.05) is 45.2 Å². The van der Waals surface area contributed by atoms with E-state index in [-0.39, 0.29) is 0 Å². The standard InChI is InChI=1S/C14H23N3O2S/c1-11-10-20-12(17-11)9-15-7-5-6-8-16-13(18)19-14(2,3)4/h5-6,10,15H,7-9H2,1-4H3,(H,16,18)/b6-5+. The summed E-state index contributed by atoms with van der Waals surface area (Å²) in [5.41, 5.74) is 0.602. The number of rotatable bonds is 6. The number of nitrogens with one attached hydrogen (secondary N) is 2. The first-order valence-electron chi connectivity index (χ1n) is 6.60. The summed E-state index contributed by atoms with van der Waals surface area (Å²) in [7, 11) is 0. The van der Waals surface area contributed by atoms with Gasteiger partial charge in [0, 0.05) is 30.7 Å². The molecule has 0 saturated heterocycles. The number of hydrogen-bond acceptors (Lipinski definition) is 5. The molecule has 1 amide bonds. The van der Waals surface area contributed by atoms with Crippen molar-refractivity contribution in [2.45, 2.75) is 39.8 Å². The average molecular weight is 297 g/mol. The predicted octanol–water partition coefficient (Wildman–Crippen LogP) is 2.62. The topological polar surface area (TPSA) is 63.2 Å². The summed E-state index contributed by atoms with van der Waals surface area (Å²) in [5, 5.41) is 9.05. The lowest BCUT2D eigenvalue weighted by Gasteiger charge is -2.19. The zero-order valence-electron chi connectivity index (χ0n) is 12.5. The number of ether oxygens (including phenoxy) is 1. The van der Waals surface area contributed by atoms with Crippen LogP contribution in [0.5, 0.6) is 0 Å². The maximum atomic E-state index is 11.3. The minimum Gasteiger partial charge on any atom is -0.444 e. The molecule has 0 saturated carbocycles. The molecule has 0 spiro atoms. The van der Waals surface area contributed by atoms with E-state index < -0.39 is 11.7 Å². The van der Waals surface area contributed by atoms with E-state index in [1.165, 1.54) is 0 Å². The van der Waals surface area contributed by atoms with Crippen LogP contribution in [-0.4, -0.2) is 29.8 Å². The van der Waals surface area contributed by atoms with Gasteiger partial charge in [-0.15, -0.1) is 11.3 Å². The number of carbonyl (C=O) groups excluding carboxylic acids is 1. The van der Waals surface area contributed by atoms with Crippen molar-refractivity contribution in [3.05, 3.63) is 28.2 Å². The number of amides is 1. The van der Waals surface area contributed by atoms with Gasteiger partial charge in [-0.05, 0) is 27.7 Å². The minimum atomic E-state index is -0.457. The first kappa shape index (κ1) is 16.7. The van der Waals surface area contributed by atoms with Crippen LogP contribution in [0.15, 0.2) is 17.5 Å². The molecule has 0 bridgehead atoms. The van der Waals surface area contributed by atoms with E-state index in [0.717, 1.165) is 23.8 Å². The summed E-state index contributed by atoms with van der Waals surface area (Å²) in [6, 6.07) is 0. The third kappa shape index (κ3) is 7.91. The van der Waals surface area contributed by atoms with Crippen LogP contribution in [-0.2, 0) is 11.3 Å². The zero-order chi connectivity index (χ0) is 15.0. The molecule has 2 N–H and O–H groups in total. The van der Waals surface area contributed by atoms with E-state index in [9.17, 15) is 4.79 Å². The molecule has 1 aromatic rings. The summed E-state index contributed by atoms with van der Waals surface area (Å²) in [6.07, 6.45) is 3.47. The van der Waals surface area contributed by atoms with Gasteiger partial charge >= 0.3 is 6.09 Å². The molecule has 0 unspecified atom stereocenters. The van der Waals surface area contributed by atoms with Gasteiger partial charge in [-0.2, -0.15) is 0 Å². The van der Waals surface area contributed by atoms with Crippen LogP contribution in [0.3, 0.4) is 0 Å². The van der Waals surface area contributed by atoms with Crippen LogP contribution in [0.4, 0.5) is 4.79 Å². The van der Waals surface area contributed by atoms with Crippen molar-refractivity contribution in [2.24, 2.45) is 0 Å². The molecule has 1 rings (SSSR count). The van der Waals surface area contributed by atoms with Crippen molar-refractivity contribution in [3.8, 4) is 0 Å². The van der Waals surface area contributed by atoms with Gasteiger partial charge in [-0.3, -0.25) is 0 Å². The highest BCUT2D eigenvalue weighted by molar-refractivity contribution is 7.09. The quantitative estimate of drug-likeness (QED) is 0.626. The van der Waals surface area contributed by atoms with Gasteiger partial charge in [0.2, 0.25) is 0 Å². The predicted molar refractivity (Wildman–Crippen MR) is 81.9 cm³/mol. The number of nitrogens with zero attached hydrogens (tertiary/aromatic N) is 1. The summed E-state index contributed by atoms with van der Waals surface area (Å²) >= 11 is 1.66. The second-order valence-electron chi connectivity index (χ2n) is 5.37. The SMILES string of the molecule is Cc1csc(CNC/C=C/CNC(=O)OC(C)(C)C)n1.